The van der Waals surface area contributed by atoms with Crippen LogP contribution in [0.3, 0.4) is 0 Å². The molecule has 27 heavy (non-hydrogen) atoms. The van der Waals surface area contributed by atoms with Gasteiger partial charge < -0.3 is 19.9 Å². The first-order valence-electron chi connectivity index (χ1n) is 8.93. The van der Waals surface area contributed by atoms with Gasteiger partial charge in [0.1, 0.15) is 11.5 Å². The van der Waals surface area contributed by atoms with E-state index in [9.17, 15) is 9.59 Å². The van der Waals surface area contributed by atoms with Crippen molar-refractivity contribution in [2.75, 3.05) is 43.0 Å². The average molecular weight is 369 g/mol. The van der Waals surface area contributed by atoms with Gasteiger partial charge in [-0.05, 0) is 31.5 Å². The fourth-order valence-corrected chi connectivity index (χ4v) is 2.85. The van der Waals surface area contributed by atoms with Gasteiger partial charge in [0.25, 0.3) is 5.91 Å². The zero-order valence-electron chi connectivity index (χ0n) is 15.5. The highest BCUT2D eigenvalue weighted by atomic mass is 16.6. The summed E-state index contributed by atoms with van der Waals surface area (Å²) in [7, 11) is 0. The Bertz CT molecular complexity index is 801. The lowest BCUT2D eigenvalue weighted by Crippen LogP contribution is -2.49. The molecule has 1 aromatic heterocycles. The number of carbonyl (C=O) groups is 2. The summed E-state index contributed by atoms with van der Waals surface area (Å²) >= 11 is 0. The summed E-state index contributed by atoms with van der Waals surface area (Å²) in [5, 5.41) is 2.82. The van der Waals surface area contributed by atoms with E-state index < -0.39 is 0 Å². The van der Waals surface area contributed by atoms with Gasteiger partial charge in [-0.1, -0.05) is 12.1 Å². The van der Waals surface area contributed by atoms with Crippen molar-refractivity contribution in [3.05, 3.63) is 47.9 Å². The van der Waals surface area contributed by atoms with E-state index in [-0.39, 0.29) is 17.7 Å². The summed E-state index contributed by atoms with van der Waals surface area (Å²) < 4.78 is 5.02. The van der Waals surface area contributed by atoms with Crippen molar-refractivity contribution in [1.29, 1.82) is 0 Å². The van der Waals surface area contributed by atoms with E-state index in [0.29, 0.717) is 38.6 Å². The minimum absolute atomic E-state index is 0.255. The second-order valence-corrected chi connectivity index (χ2v) is 6.26. The number of carbonyl (C=O) groups excluding carboxylic acids is 2. The predicted octanol–water partition coefficient (Wildman–Crippen LogP) is 2.32. The number of amides is 2. The van der Waals surface area contributed by atoms with E-state index >= 15 is 0 Å². The maximum absolute atomic E-state index is 12.3. The number of aryl methyl sites for hydroxylation is 1. The molecule has 0 unspecified atom stereocenters. The zero-order valence-corrected chi connectivity index (χ0v) is 15.5. The Kier molecular flexibility index (Phi) is 5.85. The van der Waals surface area contributed by atoms with E-state index in [2.05, 4.69) is 15.3 Å². The molecule has 0 saturated carbocycles. The molecule has 8 nitrogen and oxygen atoms in total. The summed E-state index contributed by atoms with van der Waals surface area (Å²) in [5.74, 6) is 0.386. The van der Waals surface area contributed by atoms with Crippen LogP contribution in [0.15, 0.2) is 36.7 Å². The van der Waals surface area contributed by atoms with Crippen molar-refractivity contribution in [2.45, 2.75) is 13.8 Å². The maximum atomic E-state index is 12.3. The van der Waals surface area contributed by atoms with E-state index in [0.717, 1.165) is 11.3 Å². The van der Waals surface area contributed by atoms with Gasteiger partial charge in [-0.3, -0.25) is 4.79 Å². The minimum Gasteiger partial charge on any atom is -0.450 e. The Morgan fingerprint density at radius 1 is 1.15 bits per heavy atom. The number of rotatable bonds is 4. The normalized spacial score (nSPS) is 14.0. The molecular weight excluding hydrogens is 346 g/mol. The number of hydrogen-bond donors (Lipinski definition) is 1. The largest absolute Gasteiger partial charge is 0.450 e. The molecule has 1 aromatic carbocycles. The molecule has 0 aliphatic carbocycles. The average Bonchev–Trinajstić information content (AvgIpc) is 2.68. The highest BCUT2D eigenvalue weighted by Gasteiger charge is 2.23. The van der Waals surface area contributed by atoms with Crippen molar-refractivity contribution in [3.63, 3.8) is 0 Å². The lowest BCUT2D eigenvalue weighted by atomic mass is 10.2. The predicted molar refractivity (Wildman–Crippen MR) is 102 cm³/mol. The number of anilines is 2. The summed E-state index contributed by atoms with van der Waals surface area (Å²) in [6.07, 6.45) is 2.77. The maximum Gasteiger partial charge on any atom is 0.409 e. The molecule has 0 bridgehead atoms. The first kappa shape index (κ1) is 18.6. The molecular formula is C19H23N5O3. The Balaban J connectivity index is 1.57. The van der Waals surface area contributed by atoms with Gasteiger partial charge in [-0.25, -0.2) is 14.8 Å². The fourth-order valence-electron chi connectivity index (χ4n) is 2.85. The lowest BCUT2D eigenvalue weighted by Gasteiger charge is -2.34. The molecule has 0 radical (unpaired) electrons. The van der Waals surface area contributed by atoms with Crippen LogP contribution >= 0.6 is 0 Å². The van der Waals surface area contributed by atoms with Crippen molar-refractivity contribution >= 4 is 23.5 Å². The molecule has 2 amide bonds. The van der Waals surface area contributed by atoms with Crippen molar-refractivity contribution in [1.82, 2.24) is 14.9 Å². The Hall–Kier alpha value is -3.16. The molecule has 3 rings (SSSR count). The summed E-state index contributed by atoms with van der Waals surface area (Å²) in [4.78, 5) is 36.4. The van der Waals surface area contributed by atoms with Crippen LogP contribution in [-0.2, 0) is 4.74 Å². The van der Waals surface area contributed by atoms with Gasteiger partial charge in [0.15, 0.2) is 0 Å². The number of benzene rings is 1. The van der Waals surface area contributed by atoms with Crippen LogP contribution < -0.4 is 10.2 Å². The van der Waals surface area contributed by atoms with Gasteiger partial charge in [0.2, 0.25) is 0 Å². The van der Waals surface area contributed by atoms with Crippen molar-refractivity contribution in [3.8, 4) is 0 Å². The molecule has 0 atom stereocenters. The Morgan fingerprint density at radius 3 is 2.56 bits per heavy atom. The Labute approximate surface area is 158 Å². The van der Waals surface area contributed by atoms with Gasteiger partial charge in [-0.2, -0.15) is 0 Å². The summed E-state index contributed by atoms with van der Waals surface area (Å²) in [5.41, 5.74) is 2.04. The van der Waals surface area contributed by atoms with Crippen molar-refractivity contribution in [2.24, 2.45) is 0 Å². The van der Waals surface area contributed by atoms with Crippen LogP contribution in [0, 0.1) is 6.92 Å². The molecule has 2 heterocycles. The van der Waals surface area contributed by atoms with E-state index in [1.54, 1.807) is 18.0 Å². The minimum atomic E-state index is -0.299. The van der Waals surface area contributed by atoms with E-state index in [4.69, 9.17) is 4.74 Å². The zero-order chi connectivity index (χ0) is 19.2. The van der Waals surface area contributed by atoms with Gasteiger partial charge in [0, 0.05) is 31.9 Å². The molecule has 142 valence electrons. The first-order valence-corrected chi connectivity index (χ1v) is 8.93. The van der Waals surface area contributed by atoms with Crippen LogP contribution in [0.5, 0.6) is 0 Å². The van der Waals surface area contributed by atoms with Crippen LogP contribution in [0.25, 0.3) is 0 Å². The van der Waals surface area contributed by atoms with Crippen LogP contribution in [-0.4, -0.2) is 59.7 Å². The number of piperazine rings is 1. The summed E-state index contributed by atoms with van der Waals surface area (Å²) in [6, 6.07) is 7.57. The quantitative estimate of drug-likeness (QED) is 0.890. The number of aromatic nitrogens is 2. The number of nitrogens with one attached hydrogen (secondary N) is 1. The first-order chi connectivity index (χ1) is 13.1. The lowest BCUT2D eigenvalue weighted by molar-refractivity contribution is 0.101. The molecule has 1 aliphatic heterocycles. The summed E-state index contributed by atoms with van der Waals surface area (Å²) in [6.45, 7) is 6.54. The van der Waals surface area contributed by atoms with Gasteiger partial charge in [-0.15, -0.1) is 0 Å². The van der Waals surface area contributed by atoms with Crippen LogP contribution in [0.2, 0.25) is 0 Å². The monoisotopic (exact) mass is 369 g/mol. The van der Waals surface area contributed by atoms with Gasteiger partial charge in [0.05, 0.1) is 19.0 Å². The van der Waals surface area contributed by atoms with Crippen LogP contribution in [0.4, 0.5) is 16.3 Å². The second-order valence-electron chi connectivity index (χ2n) is 6.26. The Morgan fingerprint density at radius 2 is 1.93 bits per heavy atom. The third-order valence-electron chi connectivity index (χ3n) is 4.28. The van der Waals surface area contributed by atoms with Gasteiger partial charge >= 0.3 is 6.09 Å². The smallest absolute Gasteiger partial charge is 0.409 e. The molecule has 8 heteroatoms. The second kappa shape index (κ2) is 8.48. The molecule has 1 N–H and O–H groups in total. The van der Waals surface area contributed by atoms with E-state index in [1.165, 1.54) is 6.20 Å². The molecule has 0 spiro atoms. The van der Waals surface area contributed by atoms with E-state index in [1.807, 2.05) is 36.1 Å². The van der Waals surface area contributed by atoms with Crippen molar-refractivity contribution < 1.29 is 14.3 Å². The fraction of sp³-hybridized carbons (Fsp3) is 0.368. The standard InChI is InChI=1S/C19H23N5O3/c1-3-27-19(26)24-9-7-23(8-10-24)17-13-20-16(12-21-17)18(25)22-15-6-4-5-14(2)11-15/h4-6,11-13H,3,7-10H2,1-2H3,(H,22,25). The SMILES string of the molecule is CCOC(=O)N1CCN(c2cnc(C(=O)Nc3cccc(C)c3)cn2)CC1. The molecule has 2 aromatic rings. The highest BCUT2D eigenvalue weighted by Crippen LogP contribution is 2.14. The molecule has 1 saturated heterocycles. The number of nitrogens with zero attached hydrogens (tertiary/aromatic N) is 4. The third-order valence-corrected chi connectivity index (χ3v) is 4.28. The highest BCUT2D eigenvalue weighted by molar-refractivity contribution is 6.02. The van der Waals surface area contributed by atoms with Crippen LogP contribution in [0.1, 0.15) is 23.0 Å². The molecule has 1 aliphatic rings. The number of hydrogen-bond acceptors (Lipinski definition) is 6. The molecule has 1 fully saturated rings. The third kappa shape index (κ3) is 4.72. The topological polar surface area (TPSA) is 87.7 Å². The number of ether oxygens (including phenoxy) is 1.